The lowest BCUT2D eigenvalue weighted by atomic mass is 9.49. The van der Waals surface area contributed by atoms with Crippen molar-refractivity contribution in [2.24, 2.45) is 34.5 Å². The van der Waals surface area contributed by atoms with Crippen molar-refractivity contribution in [3.63, 3.8) is 0 Å². The summed E-state index contributed by atoms with van der Waals surface area (Å²) in [5.41, 5.74) is 3.61. The minimum atomic E-state index is -2.00. The maximum atomic E-state index is 12.1. The normalized spacial score (nSPS) is 37.0. The average Bonchev–Trinajstić information content (AvgIpc) is 3.15. The van der Waals surface area contributed by atoms with Crippen LogP contribution >= 0.6 is 0 Å². The van der Waals surface area contributed by atoms with Gasteiger partial charge in [-0.2, -0.15) is 0 Å². The molecule has 0 aromatic carbocycles. The molecule has 0 bridgehead atoms. The van der Waals surface area contributed by atoms with Gasteiger partial charge in [-0.3, -0.25) is 0 Å². The van der Waals surface area contributed by atoms with E-state index in [0.29, 0.717) is 34.9 Å². The summed E-state index contributed by atoms with van der Waals surface area (Å²) in [7, 11) is -3.90. The summed E-state index contributed by atoms with van der Waals surface area (Å²) < 4.78 is 14.6. The highest BCUT2D eigenvalue weighted by Gasteiger charge is 2.60. The van der Waals surface area contributed by atoms with Gasteiger partial charge < -0.3 is 13.6 Å². The van der Waals surface area contributed by atoms with Crippen LogP contribution in [0.1, 0.15) is 114 Å². The lowest BCUT2D eigenvalue weighted by Gasteiger charge is -2.59. The predicted molar refractivity (Wildman–Crippen MR) is 179 cm³/mol. The molecule has 0 radical (unpaired) electrons. The van der Waals surface area contributed by atoms with Gasteiger partial charge in [-0.05, 0) is 111 Å². The standard InChI is InChI=1S/C36H64O3Si2/c1-24(21-25(2)37)29-17-18-30-28-16-15-26-22-27(38-40(11,12)33(3,4)5)23-32(39-41(13,14)34(6,7)8)36(26,10)31(28)19-20-35(29,30)9/h15-16,24,27,29-32H,17-23H2,1-14H3/t24?,27-,29-,30+,31+,32+,35-,36+/m1/s1. The molecule has 0 amide bonds. The van der Waals surface area contributed by atoms with Gasteiger partial charge in [-0.25, -0.2) is 0 Å². The van der Waals surface area contributed by atoms with Gasteiger partial charge in [-0.1, -0.05) is 85.6 Å². The second kappa shape index (κ2) is 10.8. The van der Waals surface area contributed by atoms with Crippen molar-refractivity contribution >= 4 is 22.4 Å². The molecule has 4 aliphatic carbocycles. The second-order valence-electron chi connectivity index (χ2n) is 18.2. The summed E-state index contributed by atoms with van der Waals surface area (Å²) in [6.45, 7) is 33.1. The second-order valence-corrected chi connectivity index (χ2v) is 27.7. The van der Waals surface area contributed by atoms with Crippen molar-refractivity contribution < 1.29 is 13.6 Å². The molecular formula is C36H64O3Si2. The highest BCUT2D eigenvalue weighted by atomic mass is 28.4. The van der Waals surface area contributed by atoms with E-state index in [4.69, 9.17) is 8.85 Å². The Morgan fingerprint density at radius 1 is 0.927 bits per heavy atom. The number of allylic oxidation sites excluding steroid dienone is 3. The van der Waals surface area contributed by atoms with Gasteiger partial charge >= 0.3 is 0 Å². The Morgan fingerprint density at radius 3 is 2.07 bits per heavy atom. The maximum Gasteiger partial charge on any atom is 0.192 e. The lowest BCUT2D eigenvalue weighted by molar-refractivity contribution is -0.118. The minimum Gasteiger partial charge on any atom is -0.414 e. The summed E-state index contributed by atoms with van der Waals surface area (Å²) in [5, 5.41) is 0.369. The van der Waals surface area contributed by atoms with Crippen molar-refractivity contribution in [2.75, 3.05) is 0 Å². The number of fused-ring (bicyclic) bond motifs is 5. The van der Waals surface area contributed by atoms with E-state index in [1.807, 2.05) is 0 Å². The van der Waals surface area contributed by atoms with Crippen molar-refractivity contribution in [2.45, 2.75) is 163 Å². The smallest absolute Gasteiger partial charge is 0.192 e. The highest BCUT2D eigenvalue weighted by molar-refractivity contribution is 6.74. The number of rotatable bonds is 7. The van der Waals surface area contributed by atoms with Crippen LogP contribution in [0.25, 0.3) is 0 Å². The van der Waals surface area contributed by atoms with E-state index in [-0.39, 0.29) is 27.7 Å². The van der Waals surface area contributed by atoms with Crippen molar-refractivity contribution in [1.29, 1.82) is 0 Å². The number of carbonyl (C=O) groups is 1. The molecule has 0 N–H and O–H groups in total. The zero-order chi connectivity index (χ0) is 31.0. The van der Waals surface area contributed by atoms with Gasteiger partial charge in [0.25, 0.3) is 0 Å². The third kappa shape index (κ3) is 5.84. The molecule has 8 atom stereocenters. The van der Waals surface area contributed by atoms with Crippen molar-refractivity contribution in [3.05, 3.63) is 23.3 Å². The molecule has 0 spiro atoms. The third-order valence-electron chi connectivity index (χ3n) is 13.5. The Hall–Kier alpha value is -0.496. The average molecular weight is 601 g/mol. The molecule has 4 rings (SSSR count). The topological polar surface area (TPSA) is 35.5 Å². The lowest BCUT2D eigenvalue weighted by Crippen LogP contribution is -2.58. The Bertz CT molecular complexity index is 1070. The molecular weight excluding hydrogens is 537 g/mol. The molecule has 3 fully saturated rings. The predicted octanol–water partition coefficient (Wildman–Crippen LogP) is 10.5. The molecule has 0 heterocycles. The Morgan fingerprint density at radius 2 is 1.51 bits per heavy atom. The van der Waals surface area contributed by atoms with Crippen molar-refractivity contribution in [1.82, 2.24) is 0 Å². The molecule has 1 unspecified atom stereocenters. The van der Waals surface area contributed by atoms with Gasteiger partial charge in [0.1, 0.15) is 5.78 Å². The molecule has 0 aromatic heterocycles. The van der Waals surface area contributed by atoms with E-state index in [2.05, 4.69) is 101 Å². The molecule has 3 saturated carbocycles. The molecule has 3 nitrogen and oxygen atoms in total. The summed E-state index contributed by atoms with van der Waals surface area (Å²) in [6, 6.07) is 0. The molecule has 0 aromatic rings. The van der Waals surface area contributed by atoms with Crippen LogP contribution in [-0.4, -0.2) is 34.6 Å². The van der Waals surface area contributed by atoms with Gasteiger partial charge in [-0.15, -0.1) is 0 Å². The fraction of sp³-hybridized carbons (Fsp3) is 0.861. The first-order valence-electron chi connectivity index (χ1n) is 16.8. The van der Waals surface area contributed by atoms with Gasteiger partial charge in [0.05, 0.1) is 12.2 Å². The number of carbonyl (C=O) groups excluding carboxylic acids is 1. The van der Waals surface area contributed by atoms with Gasteiger partial charge in [0.2, 0.25) is 0 Å². The van der Waals surface area contributed by atoms with Crippen molar-refractivity contribution in [3.8, 4) is 0 Å². The molecule has 0 aliphatic heterocycles. The van der Waals surface area contributed by atoms with Crippen LogP contribution in [0.5, 0.6) is 0 Å². The summed E-state index contributed by atoms with van der Waals surface area (Å²) in [5.74, 6) is 2.64. The van der Waals surface area contributed by atoms with Crippen LogP contribution in [0, 0.1) is 34.5 Å². The Balaban J connectivity index is 1.72. The van der Waals surface area contributed by atoms with E-state index in [0.717, 1.165) is 19.3 Å². The SMILES string of the molecule is CC(=O)CC(C)[C@H]1CC[C@H]2C3=CC=C4C[C@@H](O[Si](C)(C)C(C)(C)C)C[C@H](O[Si](C)(C)C(C)(C)C)[C@]4(C)[C@H]3CC[C@]12C. The van der Waals surface area contributed by atoms with E-state index >= 15 is 0 Å². The summed E-state index contributed by atoms with van der Waals surface area (Å²) >= 11 is 0. The van der Waals surface area contributed by atoms with Crippen LogP contribution in [0.15, 0.2) is 23.3 Å². The van der Waals surface area contributed by atoms with E-state index in [1.165, 1.54) is 25.7 Å². The monoisotopic (exact) mass is 600 g/mol. The van der Waals surface area contributed by atoms with E-state index in [9.17, 15) is 4.79 Å². The first-order chi connectivity index (χ1) is 18.5. The maximum absolute atomic E-state index is 12.1. The number of Topliss-reactive ketones (excluding diaryl/α,β-unsaturated/α-hetero) is 1. The number of hydrogen-bond acceptors (Lipinski definition) is 3. The van der Waals surface area contributed by atoms with E-state index < -0.39 is 16.6 Å². The Kier molecular flexibility index (Phi) is 8.83. The van der Waals surface area contributed by atoms with Crippen LogP contribution in [0.3, 0.4) is 0 Å². The zero-order valence-corrected chi connectivity index (χ0v) is 31.3. The fourth-order valence-corrected chi connectivity index (χ4v) is 11.7. The zero-order valence-electron chi connectivity index (χ0n) is 29.3. The highest BCUT2D eigenvalue weighted by Crippen LogP contribution is 2.67. The summed E-state index contributed by atoms with van der Waals surface area (Å²) in [6.07, 6.45) is 13.3. The van der Waals surface area contributed by atoms with E-state index in [1.54, 1.807) is 18.1 Å². The van der Waals surface area contributed by atoms with Crippen LogP contribution in [0.4, 0.5) is 0 Å². The first-order valence-corrected chi connectivity index (χ1v) is 22.6. The van der Waals surface area contributed by atoms with Gasteiger partial charge in [0, 0.05) is 11.8 Å². The molecule has 5 heteroatoms. The first kappa shape index (κ1) is 33.4. The Labute approximate surface area is 256 Å². The van der Waals surface area contributed by atoms with Crippen LogP contribution in [-0.2, 0) is 13.6 Å². The van der Waals surface area contributed by atoms with Crippen LogP contribution < -0.4 is 0 Å². The molecule has 41 heavy (non-hydrogen) atoms. The third-order valence-corrected chi connectivity index (χ3v) is 22.5. The molecule has 4 aliphatic rings. The molecule has 234 valence electrons. The number of hydrogen-bond donors (Lipinski definition) is 0. The fourth-order valence-electron chi connectivity index (χ4n) is 8.96. The largest absolute Gasteiger partial charge is 0.414 e. The molecule has 0 saturated heterocycles. The minimum absolute atomic E-state index is 0.0251. The quantitative estimate of drug-likeness (QED) is 0.273. The van der Waals surface area contributed by atoms with Gasteiger partial charge in [0.15, 0.2) is 16.6 Å². The summed E-state index contributed by atoms with van der Waals surface area (Å²) in [4.78, 5) is 12.1. The van der Waals surface area contributed by atoms with Crippen LogP contribution in [0.2, 0.25) is 36.3 Å². The number of ketones is 1.